The van der Waals surface area contributed by atoms with E-state index in [0.29, 0.717) is 19.5 Å². The van der Waals surface area contributed by atoms with Gasteiger partial charge in [0.15, 0.2) is 0 Å². The molecule has 0 heterocycles. The Morgan fingerprint density at radius 2 is 1.79 bits per heavy atom. The zero-order valence-corrected chi connectivity index (χ0v) is 11.8. The highest BCUT2D eigenvalue weighted by Crippen LogP contribution is 2.55. The highest BCUT2D eigenvalue weighted by molar-refractivity contribution is 6.00. The number of rotatable bonds is 5. The van der Waals surface area contributed by atoms with Crippen LogP contribution in [0.5, 0.6) is 0 Å². The highest BCUT2D eigenvalue weighted by Gasteiger charge is 2.63. The summed E-state index contributed by atoms with van der Waals surface area (Å²) in [5, 5.41) is 0. The standard InChI is InChI=1S/C16H21NO2/c1-4-17(5-2)15(19)16(11-14(16)12(3)18)13-9-7-6-8-10-13/h6-10,14H,4-5,11H2,1-3H3/t14-,16+/m0/s1. The first kappa shape index (κ1) is 13.8. The topological polar surface area (TPSA) is 37.4 Å². The van der Waals surface area contributed by atoms with Crippen LogP contribution in [-0.2, 0) is 15.0 Å². The van der Waals surface area contributed by atoms with Crippen molar-refractivity contribution in [3.8, 4) is 0 Å². The summed E-state index contributed by atoms with van der Waals surface area (Å²) >= 11 is 0. The Morgan fingerprint density at radius 1 is 1.21 bits per heavy atom. The van der Waals surface area contributed by atoms with Crippen LogP contribution in [0.1, 0.15) is 32.8 Å². The fourth-order valence-electron chi connectivity index (χ4n) is 2.96. The van der Waals surface area contributed by atoms with Gasteiger partial charge < -0.3 is 4.90 Å². The highest BCUT2D eigenvalue weighted by atomic mass is 16.2. The molecule has 102 valence electrons. The Labute approximate surface area is 114 Å². The van der Waals surface area contributed by atoms with E-state index in [-0.39, 0.29) is 17.6 Å². The van der Waals surface area contributed by atoms with Gasteiger partial charge in [-0.15, -0.1) is 0 Å². The minimum atomic E-state index is -0.598. The van der Waals surface area contributed by atoms with Crippen molar-refractivity contribution in [2.75, 3.05) is 13.1 Å². The van der Waals surface area contributed by atoms with Gasteiger partial charge in [0.05, 0.1) is 5.41 Å². The van der Waals surface area contributed by atoms with Gasteiger partial charge in [-0.05, 0) is 32.8 Å². The Bertz CT molecular complexity index is 479. The molecule has 1 saturated carbocycles. The number of likely N-dealkylation sites (N-methyl/N-ethyl adjacent to an activating group) is 1. The van der Waals surface area contributed by atoms with Gasteiger partial charge in [-0.2, -0.15) is 0 Å². The smallest absolute Gasteiger partial charge is 0.233 e. The lowest BCUT2D eigenvalue weighted by Crippen LogP contribution is -2.40. The van der Waals surface area contributed by atoms with E-state index < -0.39 is 5.41 Å². The fraction of sp³-hybridized carbons (Fsp3) is 0.500. The van der Waals surface area contributed by atoms with Gasteiger partial charge in [0, 0.05) is 19.0 Å². The molecule has 3 heteroatoms. The number of hydrogen-bond acceptors (Lipinski definition) is 2. The van der Waals surface area contributed by atoms with Crippen LogP contribution in [0.4, 0.5) is 0 Å². The summed E-state index contributed by atoms with van der Waals surface area (Å²) < 4.78 is 0. The van der Waals surface area contributed by atoms with Crippen LogP contribution < -0.4 is 0 Å². The van der Waals surface area contributed by atoms with Crippen molar-refractivity contribution in [3.63, 3.8) is 0 Å². The zero-order valence-electron chi connectivity index (χ0n) is 11.8. The van der Waals surface area contributed by atoms with Crippen LogP contribution in [0, 0.1) is 5.92 Å². The van der Waals surface area contributed by atoms with Gasteiger partial charge in [-0.3, -0.25) is 9.59 Å². The van der Waals surface area contributed by atoms with Crippen molar-refractivity contribution < 1.29 is 9.59 Å². The third-order valence-corrected chi connectivity index (χ3v) is 4.17. The van der Waals surface area contributed by atoms with E-state index >= 15 is 0 Å². The largest absolute Gasteiger partial charge is 0.342 e. The molecule has 0 saturated heterocycles. The lowest BCUT2D eigenvalue weighted by molar-refractivity contribution is -0.135. The summed E-state index contributed by atoms with van der Waals surface area (Å²) in [5.74, 6) is 0.0660. The second-order valence-corrected chi connectivity index (χ2v) is 5.18. The molecule has 1 amide bonds. The van der Waals surface area contributed by atoms with Crippen LogP contribution in [-0.4, -0.2) is 29.7 Å². The molecule has 1 aromatic rings. The SMILES string of the molecule is CCN(CC)C(=O)[C@@]1(c2ccccc2)C[C@H]1C(C)=O. The molecule has 1 fully saturated rings. The molecule has 0 unspecified atom stereocenters. The maximum absolute atomic E-state index is 12.8. The van der Waals surface area contributed by atoms with Crippen LogP contribution >= 0.6 is 0 Å². The minimum absolute atomic E-state index is 0.101. The lowest BCUT2D eigenvalue weighted by Gasteiger charge is -2.26. The van der Waals surface area contributed by atoms with E-state index in [4.69, 9.17) is 0 Å². The molecule has 1 aliphatic rings. The molecular weight excluding hydrogens is 238 g/mol. The first-order valence-electron chi connectivity index (χ1n) is 6.93. The molecule has 0 aliphatic heterocycles. The normalized spacial score (nSPS) is 24.9. The second kappa shape index (κ2) is 5.16. The number of amides is 1. The Balaban J connectivity index is 2.39. The predicted molar refractivity (Wildman–Crippen MR) is 74.8 cm³/mol. The molecule has 2 rings (SSSR count). The number of carbonyl (C=O) groups excluding carboxylic acids is 2. The van der Waals surface area contributed by atoms with Crippen molar-refractivity contribution >= 4 is 11.7 Å². The maximum atomic E-state index is 12.8. The van der Waals surface area contributed by atoms with E-state index in [1.807, 2.05) is 49.1 Å². The summed E-state index contributed by atoms with van der Waals surface area (Å²) in [7, 11) is 0. The quantitative estimate of drug-likeness (QED) is 0.814. The number of hydrogen-bond donors (Lipinski definition) is 0. The van der Waals surface area contributed by atoms with Gasteiger partial charge in [0.2, 0.25) is 5.91 Å². The molecule has 2 atom stereocenters. The summed E-state index contributed by atoms with van der Waals surface area (Å²) in [4.78, 5) is 26.3. The van der Waals surface area contributed by atoms with E-state index in [9.17, 15) is 9.59 Å². The van der Waals surface area contributed by atoms with E-state index in [2.05, 4.69) is 0 Å². The number of nitrogens with zero attached hydrogens (tertiary/aromatic N) is 1. The van der Waals surface area contributed by atoms with Crippen LogP contribution in [0.25, 0.3) is 0 Å². The van der Waals surface area contributed by atoms with Gasteiger partial charge in [-0.1, -0.05) is 30.3 Å². The number of benzene rings is 1. The first-order valence-corrected chi connectivity index (χ1v) is 6.93. The number of Topliss-reactive ketones (excluding diaryl/α,β-unsaturated/α-hetero) is 1. The first-order chi connectivity index (χ1) is 9.07. The van der Waals surface area contributed by atoms with Crippen molar-refractivity contribution in [1.82, 2.24) is 4.90 Å². The van der Waals surface area contributed by atoms with Gasteiger partial charge in [0.25, 0.3) is 0 Å². The third-order valence-electron chi connectivity index (χ3n) is 4.17. The van der Waals surface area contributed by atoms with Crippen molar-refractivity contribution in [2.45, 2.75) is 32.6 Å². The lowest BCUT2D eigenvalue weighted by atomic mass is 9.90. The van der Waals surface area contributed by atoms with Crippen LogP contribution in [0.3, 0.4) is 0 Å². The average Bonchev–Trinajstić information content (AvgIpc) is 3.18. The summed E-state index contributed by atoms with van der Waals surface area (Å²) in [6.07, 6.45) is 0.654. The van der Waals surface area contributed by atoms with E-state index in [1.165, 1.54) is 0 Å². The number of carbonyl (C=O) groups is 2. The van der Waals surface area contributed by atoms with E-state index in [1.54, 1.807) is 6.92 Å². The molecular formula is C16H21NO2. The minimum Gasteiger partial charge on any atom is -0.342 e. The molecule has 0 spiro atoms. The van der Waals surface area contributed by atoms with Gasteiger partial charge >= 0.3 is 0 Å². The van der Waals surface area contributed by atoms with Crippen molar-refractivity contribution in [3.05, 3.63) is 35.9 Å². The molecule has 3 nitrogen and oxygen atoms in total. The summed E-state index contributed by atoms with van der Waals surface area (Å²) in [6, 6.07) is 9.73. The fourth-order valence-corrected chi connectivity index (χ4v) is 2.96. The zero-order chi connectivity index (χ0) is 14.0. The molecule has 0 radical (unpaired) electrons. The Hall–Kier alpha value is -1.64. The van der Waals surface area contributed by atoms with Crippen LogP contribution in [0.2, 0.25) is 0 Å². The molecule has 19 heavy (non-hydrogen) atoms. The van der Waals surface area contributed by atoms with Gasteiger partial charge in [-0.25, -0.2) is 0 Å². The third kappa shape index (κ3) is 2.18. The molecule has 0 bridgehead atoms. The Morgan fingerprint density at radius 3 is 2.21 bits per heavy atom. The predicted octanol–water partition coefficient (Wildman–Crippen LogP) is 2.40. The molecule has 0 aromatic heterocycles. The molecule has 1 aliphatic carbocycles. The van der Waals surface area contributed by atoms with Gasteiger partial charge in [0.1, 0.15) is 5.78 Å². The molecule has 1 aromatic carbocycles. The van der Waals surface area contributed by atoms with Crippen LogP contribution in [0.15, 0.2) is 30.3 Å². The molecule has 0 N–H and O–H groups in total. The number of ketones is 1. The van der Waals surface area contributed by atoms with E-state index in [0.717, 1.165) is 5.56 Å². The Kier molecular flexibility index (Phi) is 3.74. The van der Waals surface area contributed by atoms with Crippen molar-refractivity contribution in [2.24, 2.45) is 5.92 Å². The summed E-state index contributed by atoms with van der Waals surface area (Å²) in [5.41, 5.74) is 0.381. The second-order valence-electron chi connectivity index (χ2n) is 5.18. The average molecular weight is 259 g/mol. The monoisotopic (exact) mass is 259 g/mol. The van der Waals surface area contributed by atoms with Crippen molar-refractivity contribution in [1.29, 1.82) is 0 Å². The summed E-state index contributed by atoms with van der Waals surface area (Å²) in [6.45, 7) is 6.92. The maximum Gasteiger partial charge on any atom is 0.233 e.